The highest BCUT2D eigenvalue weighted by atomic mass is 32.1. The molecule has 1 aromatic rings. The smallest absolute Gasteiger partial charge is 0.0567 e. The normalized spacial score (nSPS) is 22.6. The number of nitrogens with zero attached hydrogens (tertiary/aromatic N) is 1. The minimum atomic E-state index is 0.426. The molecular formula is C14H24N2S. The third kappa shape index (κ3) is 2.90. The molecule has 1 aliphatic rings. The minimum absolute atomic E-state index is 0.426. The number of hydrogen-bond acceptors (Lipinski definition) is 3. The molecule has 0 bridgehead atoms. The van der Waals surface area contributed by atoms with Crippen molar-refractivity contribution in [2.24, 2.45) is 11.1 Å². The van der Waals surface area contributed by atoms with E-state index in [4.69, 9.17) is 5.73 Å². The summed E-state index contributed by atoms with van der Waals surface area (Å²) in [6.45, 7) is 10.0. The molecule has 0 aromatic carbocycles. The van der Waals surface area contributed by atoms with E-state index in [1.807, 2.05) is 11.3 Å². The van der Waals surface area contributed by atoms with Crippen LogP contribution in [0, 0.1) is 12.3 Å². The monoisotopic (exact) mass is 252 g/mol. The van der Waals surface area contributed by atoms with Gasteiger partial charge in [0.15, 0.2) is 0 Å². The first-order valence-electron chi connectivity index (χ1n) is 6.51. The summed E-state index contributed by atoms with van der Waals surface area (Å²) >= 11 is 1.85. The predicted molar refractivity (Wildman–Crippen MR) is 75.4 cm³/mol. The molecule has 1 atom stereocenters. The SMILES string of the molecule is Cc1ccsc1C(CN)N1CCCC(C)(C)C1. The van der Waals surface area contributed by atoms with Crippen LogP contribution in [0.15, 0.2) is 11.4 Å². The molecule has 0 aliphatic carbocycles. The van der Waals surface area contributed by atoms with E-state index in [9.17, 15) is 0 Å². The van der Waals surface area contributed by atoms with E-state index in [1.165, 1.54) is 36.4 Å². The molecule has 1 unspecified atom stereocenters. The lowest BCUT2D eigenvalue weighted by Crippen LogP contribution is -2.44. The van der Waals surface area contributed by atoms with Crippen molar-refractivity contribution in [2.75, 3.05) is 19.6 Å². The van der Waals surface area contributed by atoms with Crippen LogP contribution < -0.4 is 5.73 Å². The average Bonchev–Trinajstić information content (AvgIpc) is 2.65. The first-order valence-corrected chi connectivity index (χ1v) is 7.39. The second kappa shape index (κ2) is 5.09. The molecule has 1 aliphatic heterocycles. The van der Waals surface area contributed by atoms with Gasteiger partial charge in [0, 0.05) is 18.0 Å². The van der Waals surface area contributed by atoms with Gasteiger partial charge in [-0.3, -0.25) is 4.90 Å². The molecule has 1 aromatic heterocycles. The Bertz CT molecular complexity index is 370. The zero-order valence-corrected chi connectivity index (χ0v) is 12.0. The van der Waals surface area contributed by atoms with Crippen LogP contribution in [0.5, 0.6) is 0 Å². The van der Waals surface area contributed by atoms with Gasteiger partial charge in [-0.25, -0.2) is 0 Å². The third-order valence-corrected chi connectivity index (χ3v) is 4.92. The highest BCUT2D eigenvalue weighted by Crippen LogP contribution is 2.35. The largest absolute Gasteiger partial charge is 0.329 e. The van der Waals surface area contributed by atoms with Gasteiger partial charge in [0.25, 0.3) is 0 Å². The van der Waals surface area contributed by atoms with E-state index in [1.54, 1.807) is 0 Å². The molecule has 1 saturated heterocycles. The summed E-state index contributed by atoms with van der Waals surface area (Å²) < 4.78 is 0. The lowest BCUT2D eigenvalue weighted by molar-refractivity contribution is 0.0818. The van der Waals surface area contributed by atoms with Crippen molar-refractivity contribution in [3.8, 4) is 0 Å². The van der Waals surface area contributed by atoms with Crippen LogP contribution in [-0.2, 0) is 0 Å². The Labute approximate surface area is 109 Å². The zero-order valence-electron chi connectivity index (χ0n) is 11.2. The van der Waals surface area contributed by atoms with Gasteiger partial charge in [-0.2, -0.15) is 0 Å². The number of hydrogen-bond donors (Lipinski definition) is 1. The lowest BCUT2D eigenvalue weighted by Gasteiger charge is -2.42. The second-order valence-electron chi connectivity index (χ2n) is 5.96. The molecule has 2 nitrogen and oxygen atoms in total. The fraction of sp³-hybridized carbons (Fsp3) is 0.714. The van der Waals surface area contributed by atoms with E-state index in [-0.39, 0.29) is 0 Å². The Morgan fingerprint density at radius 1 is 1.53 bits per heavy atom. The molecule has 0 spiro atoms. The maximum atomic E-state index is 6.02. The van der Waals surface area contributed by atoms with Gasteiger partial charge in [-0.15, -0.1) is 11.3 Å². The highest BCUT2D eigenvalue weighted by molar-refractivity contribution is 7.10. The quantitative estimate of drug-likeness (QED) is 0.895. The molecule has 96 valence electrons. The van der Waals surface area contributed by atoms with Crippen LogP contribution in [0.4, 0.5) is 0 Å². The topological polar surface area (TPSA) is 29.3 Å². The van der Waals surface area contributed by atoms with E-state index in [0.717, 1.165) is 6.54 Å². The maximum Gasteiger partial charge on any atom is 0.0567 e. The van der Waals surface area contributed by atoms with Gasteiger partial charge in [0.05, 0.1) is 6.04 Å². The standard InChI is InChI=1S/C14H24N2S/c1-11-5-8-17-13(11)12(9-15)16-7-4-6-14(2,3)10-16/h5,8,12H,4,6-7,9-10,15H2,1-3H3. The van der Waals surface area contributed by atoms with E-state index in [2.05, 4.69) is 37.1 Å². The Morgan fingerprint density at radius 3 is 2.82 bits per heavy atom. The number of nitrogens with two attached hydrogens (primary N) is 1. The average molecular weight is 252 g/mol. The first-order chi connectivity index (χ1) is 8.03. The molecule has 17 heavy (non-hydrogen) atoms. The number of thiophene rings is 1. The van der Waals surface area contributed by atoms with E-state index in [0.29, 0.717) is 11.5 Å². The summed E-state index contributed by atoms with van der Waals surface area (Å²) in [5.74, 6) is 0. The molecular weight excluding hydrogens is 228 g/mol. The van der Waals surface area contributed by atoms with Crippen LogP contribution in [0.2, 0.25) is 0 Å². The zero-order chi connectivity index (χ0) is 12.5. The Kier molecular flexibility index (Phi) is 3.91. The predicted octanol–water partition coefficient (Wildman–Crippen LogP) is 3.18. The van der Waals surface area contributed by atoms with Crippen LogP contribution >= 0.6 is 11.3 Å². The summed E-state index contributed by atoms with van der Waals surface area (Å²) in [6.07, 6.45) is 2.64. The van der Waals surface area contributed by atoms with Gasteiger partial charge in [-0.1, -0.05) is 13.8 Å². The fourth-order valence-electron chi connectivity index (χ4n) is 2.88. The van der Waals surface area contributed by atoms with E-state index >= 15 is 0 Å². The summed E-state index contributed by atoms with van der Waals surface area (Å²) in [7, 11) is 0. The van der Waals surface area contributed by atoms with Gasteiger partial charge < -0.3 is 5.73 Å². The summed E-state index contributed by atoms with van der Waals surface area (Å²) in [4.78, 5) is 4.05. The van der Waals surface area contributed by atoms with Crippen molar-refractivity contribution < 1.29 is 0 Å². The molecule has 2 rings (SSSR count). The summed E-state index contributed by atoms with van der Waals surface area (Å²) in [5, 5.41) is 2.18. The van der Waals surface area contributed by atoms with Crippen molar-refractivity contribution in [1.29, 1.82) is 0 Å². The lowest BCUT2D eigenvalue weighted by atomic mass is 9.83. The molecule has 2 N–H and O–H groups in total. The second-order valence-corrected chi connectivity index (χ2v) is 6.91. The Hall–Kier alpha value is -0.380. The van der Waals surface area contributed by atoms with Crippen molar-refractivity contribution in [3.05, 3.63) is 21.9 Å². The van der Waals surface area contributed by atoms with Crippen LogP contribution in [0.1, 0.15) is 43.2 Å². The number of aryl methyl sites for hydroxylation is 1. The molecule has 2 heterocycles. The molecule has 1 fully saturated rings. The van der Waals surface area contributed by atoms with Gasteiger partial charge in [-0.05, 0) is 48.7 Å². The maximum absolute atomic E-state index is 6.02. The van der Waals surface area contributed by atoms with Gasteiger partial charge >= 0.3 is 0 Å². The van der Waals surface area contributed by atoms with E-state index < -0.39 is 0 Å². The third-order valence-electron chi connectivity index (χ3n) is 3.80. The van der Waals surface area contributed by atoms with Crippen molar-refractivity contribution in [3.63, 3.8) is 0 Å². The van der Waals surface area contributed by atoms with Crippen molar-refractivity contribution in [1.82, 2.24) is 4.90 Å². The molecule has 0 saturated carbocycles. The summed E-state index contributed by atoms with van der Waals surface area (Å²) in [6, 6.07) is 2.63. The molecule has 3 heteroatoms. The molecule has 0 amide bonds. The van der Waals surface area contributed by atoms with Crippen LogP contribution in [0.25, 0.3) is 0 Å². The summed E-state index contributed by atoms with van der Waals surface area (Å²) in [5.41, 5.74) is 7.86. The van der Waals surface area contributed by atoms with Crippen molar-refractivity contribution >= 4 is 11.3 Å². The first kappa shape index (κ1) is 13.1. The minimum Gasteiger partial charge on any atom is -0.329 e. The Morgan fingerprint density at radius 2 is 2.29 bits per heavy atom. The Balaban J connectivity index is 2.16. The van der Waals surface area contributed by atoms with Crippen LogP contribution in [0.3, 0.4) is 0 Å². The van der Waals surface area contributed by atoms with Crippen LogP contribution in [-0.4, -0.2) is 24.5 Å². The van der Waals surface area contributed by atoms with Gasteiger partial charge in [0.2, 0.25) is 0 Å². The van der Waals surface area contributed by atoms with Crippen molar-refractivity contribution in [2.45, 2.75) is 39.7 Å². The number of rotatable bonds is 3. The molecule has 0 radical (unpaired) electrons. The fourth-order valence-corrected chi connectivity index (χ4v) is 3.96. The van der Waals surface area contributed by atoms with Gasteiger partial charge in [0.1, 0.15) is 0 Å². The number of piperidine rings is 1. The number of likely N-dealkylation sites (tertiary alicyclic amines) is 1. The highest BCUT2D eigenvalue weighted by Gasteiger charge is 2.31.